The van der Waals surface area contributed by atoms with Crippen molar-refractivity contribution in [2.24, 2.45) is 0 Å². The highest BCUT2D eigenvalue weighted by molar-refractivity contribution is 5.88. The van der Waals surface area contributed by atoms with Crippen molar-refractivity contribution in [2.45, 2.75) is 6.10 Å². The highest BCUT2D eigenvalue weighted by Gasteiger charge is 2.25. The zero-order valence-corrected chi connectivity index (χ0v) is 8.38. The summed E-state index contributed by atoms with van der Waals surface area (Å²) >= 11 is 0. The zero-order valence-electron chi connectivity index (χ0n) is 8.38. The lowest BCUT2D eigenvalue weighted by atomic mass is 10.1. The van der Waals surface area contributed by atoms with Gasteiger partial charge in [-0.05, 0) is 12.1 Å². The number of nitrogens with zero attached hydrogens (tertiary/aromatic N) is 2. The maximum Gasteiger partial charge on any atom is 0.356 e. The van der Waals surface area contributed by atoms with Crippen molar-refractivity contribution in [1.82, 2.24) is 4.98 Å². The number of β-amino-alcohol motifs (C(OH)–C–C–N with tert-alkyl or cyclic N) is 1. The molecule has 80 valence electrons. The SMILES string of the molecule is COC(=O)c1cc(N2CC(O)C2)ccn1. The molecule has 0 atom stereocenters. The Hall–Kier alpha value is -1.62. The molecule has 0 bridgehead atoms. The predicted octanol–water partition coefficient (Wildman–Crippen LogP) is 0.0491. The highest BCUT2D eigenvalue weighted by atomic mass is 16.5. The number of carbonyl (C=O) groups is 1. The summed E-state index contributed by atoms with van der Waals surface area (Å²) in [4.78, 5) is 17.1. The fourth-order valence-corrected chi connectivity index (χ4v) is 1.50. The van der Waals surface area contributed by atoms with Gasteiger partial charge in [-0.2, -0.15) is 0 Å². The number of hydrogen-bond acceptors (Lipinski definition) is 5. The van der Waals surface area contributed by atoms with Crippen molar-refractivity contribution in [3.8, 4) is 0 Å². The molecule has 0 aromatic carbocycles. The lowest BCUT2D eigenvalue weighted by molar-refractivity contribution is 0.0594. The van der Waals surface area contributed by atoms with Crippen LogP contribution < -0.4 is 4.90 Å². The van der Waals surface area contributed by atoms with Crippen molar-refractivity contribution in [3.05, 3.63) is 24.0 Å². The predicted molar refractivity (Wildman–Crippen MR) is 53.8 cm³/mol. The van der Waals surface area contributed by atoms with Gasteiger partial charge in [-0.25, -0.2) is 9.78 Å². The van der Waals surface area contributed by atoms with E-state index in [4.69, 9.17) is 5.11 Å². The molecular weight excluding hydrogens is 196 g/mol. The van der Waals surface area contributed by atoms with Gasteiger partial charge in [-0.1, -0.05) is 0 Å². The number of pyridine rings is 1. The van der Waals surface area contributed by atoms with Gasteiger partial charge in [0.05, 0.1) is 13.2 Å². The highest BCUT2D eigenvalue weighted by Crippen LogP contribution is 2.20. The molecule has 0 unspecified atom stereocenters. The van der Waals surface area contributed by atoms with Crippen molar-refractivity contribution >= 4 is 11.7 Å². The third-order valence-electron chi connectivity index (χ3n) is 2.37. The number of hydrogen-bond donors (Lipinski definition) is 1. The number of methoxy groups -OCH3 is 1. The largest absolute Gasteiger partial charge is 0.464 e. The molecule has 1 saturated heterocycles. The second kappa shape index (κ2) is 3.86. The van der Waals surface area contributed by atoms with E-state index in [1.165, 1.54) is 7.11 Å². The first kappa shape index (κ1) is 9.92. The molecule has 1 fully saturated rings. The molecule has 0 aliphatic carbocycles. The van der Waals surface area contributed by atoms with E-state index in [9.17, 15) is 4.79 Å². The van der Waals surface area contributed by atoms with Gasteiger partial charge in [-0.15, -0.1) is 0 Å². The van der Waals surface area contributed by atoms with Gasteiger partial charge < -0.3 is 14.7 Å². The maximum atomic E-state index is 11.2. The van der Waals surface area contributed by atoms with Crippen molar-refractivity contribution in [2.75, 3.05) is 25.1 Å². The summed E-state index contributed by atoms with van der Waals surface area (Å²) in [5.41, 5.74) is 1.17. The number of carbonyl (C=O) groups excluding carboxylic acids is 1. The first-order valence-electron chi connectivity index (χ1n) is 4.68. The standard InChI is InChI=1S/C10H12N2O3/c1-15-10(14)9-4-7(2-3-11-9)12-5-8(13)6-12/h2-4,8,13H,5-6H2,1H3. The van der Waals surface area contributed by atoms with Crippen LogP contribution in [-0.4, -0.2) is 42.4 Å². The number of aliphatic hydroxyl groups excluding tert-OH is 1. The van der Waals surface area contributed by atoms with Crippen LogP contribution in [0.3, 0.4) is 0 Å². The van der Waals surface area contributed by atoms with Crippen LogP contribution >= 0.6 is 0 Å². The molecule has 0 spiro atoms. The number of aliphatic hydroxyl groups is 1. The van der Waals surface area contributed by atoms with Gasteiger partial charge in [0.15, 0.2) is 0 Å². The van der Waals surface area contributed by atoms with E-state index in [0.29, 0.717) is 13.1 Å². The van der Waals surface area contributed by atoms with Gasteiger partial charge in [0.1, 0.15) is 5.69 Å². The van der Waals surface area contributed by atoms with E-state index in [0.717, 1.165) is 5.69 Å². The van der Waals surface area contributed by atoms with Crippen molar-refractivity contribution < 1.29 is 14.6 Å². The summed E-state index contributed by atoms with van der Waals surface area (Å²) in [6, 6.07) is 3.47. The van der Waals surface area contributed by atoms with Crippen LogP contribution in [0.15, 0.2) is 18.3 Å². The average molecular weight is 208 g/mol. The summed E-state index contributed by atoms with van der Waals surface area (Å²) in [6.07, 6.45) is 1.30. The Balaban J connectivity index is 2.16. The minimum Gasteiger partial charge on any atom is -0.464 e. The number of esters is 1. The second-order valence-corrected chi connectivity index (χ2v) is 3.45. The van der Waals surface area contributed by atoms with Crippen molar-refractivity contribution in [3.63, 3.8) is 0 Å². The second-order valence-electron chi connectivity index (χ2n) is 3.45. The Morgan fingerprint density at radius 3 is 3.00 bits per heavy atom. The molecule has 0 amide bonds. The Morgan fingerprint density at radius 2 is 2.40 bits per heavy atom. The minimum atomic E-state index is -0.446. The molecule has 1 aliphatic heterocycles. The van der Waals surface area contributed by atoms with Gasteiger partial charge in [0.25, 0.3) is 0 Å². The van der Waals surface area contributed by atoms with E-state index in [2.05, 4.69) is 9.72 Å². The molecule has 1 aromatic rings. The molecule has 1 N–H and O–H groups in total. The molecule has 2 heterocycles. The van der Waals surface area contributed by atoms with Crippen LogP contribution in [0.4, 0.5) is 5.69 Å². The van der Waals surface area contributed by atoms with E-state index >= 15 is 0 Å². The van der Waals surface area contributed by atoms with E-state index in [1.807, 2.05) is 4.90 Å². The monoisotopic (exact) mass is 208 g/mol. The number of aromatic nitrogens is 1. The Labute approximate surface area is 87.3 Å². The topological polar surface area (TPSA) is 62.7 Å². The average Bonchev–Trinajstić information content (AvgIpc) is 2.24. The van der Waals surface area contributed by atoms with Crippen LogP contribution in [0.5, 0.6) is 0 Å². The van der Waals surface area contributed by atoms with Gasteiger partial charge in [0.2, 0.25) is 0 Å². The van der Waals surface area contributed by atoms with Crippen LogP contribution in [0.1, 0.15) is 10.5 Å². The first-order valence-corrected chi connectivity index (χ1v) is 4.68. The van der Waals surface area contributed by atoms with E-state index in [1.54, 1.807) is 18.3 Å². The summed E-state index contributed by atoms with van der Waals surface area (Å²) in [5.74, 6) is -0.446. The van der Waals surface area contributed by atoms with Crippen molar-refractivity contribution in [1.29, 1.82) is 0 Å². The van der Waals surface area contributed by atoms with Crippen LogP contribution in [-0.2, 0) is 4.74 Å². The van der Waals surface area contributed by atoms with Crippen LogP contribution in [0.25, 0.3) is 0 Å². The zero-order chi connectivity index (χ0) is 10.8. The summed E-state index contributed by atoms with van der Waals surface area (Å²) in [5, 5.41) is 9.16. The quantitative estimate of drug-likeness (QED) is 0.696. The lowest BCUT2D eigenvalue weighted by Gasteiger charge is -2.37. The molecule has 1 aliphatic rings. The summed E-state index contributed by atoms with van der Waals surface area (Å²) in [6.45, 7) is 1.20. The number of ether oxygens (including phenoxy) is 1. The Morgan fingerprint density at radius 1 is 1.67 bits per heavy atom. The van der Waals surface area contributed by atoms with E-state index in [-0.39, 0.29) is 11.8 Å². The maximum absolute atomic E-state index is 11.2. The van der Waals surface area contributed by atoms with Crippen LogP contribution in [0, 0.1) is 0 Å². The van der Waals surface area contributed by atoms with Gasteiger partial charge >= 0.3 is 5.97 Å². The number of anilines is 1. The molecule has 5 nitrogen and oxygen atoms in total. The number of rotatable bonds is 2. The van der Waals surface area contributed by atoms with Gasteiger partial charge in [-0.3, -0.25) is 0 Å². The third kappa shape index (κ3) is 1.92. The summed E-state index contributed by atoms with van der Waals surface area (Å²) in [7, 11) is 1.32. The molecule has 0 saturated carbocycles. The lowest BCUT2D eigenvalue weighted by Crippen LogP contribution is -2.50. The smallest absolute Gasteiger partial charge is 0.356 e. The first-order chi connectivity index (χ1) is 7.20. The normalized spacial score (nSPS) is 16.0. The Kier molecular flexibility index (Phi) is 2.55. The Bertz CT molecular complexity index is 375. The van der Waals surface area contributed by atoms with Crippen LogP contribution in [0.2, 0.25) is 0 Å². The molecule has 2 rings (SSSR count). The molecular formula is C10H12N2O3. The molecule has 15 heavy (non-hydrogen) atoms. The minimum absolute atomic E-state index is 0.264. The van der Waals surface area contributed by atoms with E-state index < -0.39 is 5.97 Å². The third-order valence-corrected chi connectivity index (χ3v) is 2.37. The molecule has 1 aromatic heterocycles. The summed E-state index contributed by atoms with van der Waals surface area (Å²) < 4.78 is 4.57. The molecule has 5 heteroatoms. The fraction of sp³-hybridized carbons (Fsp3) is 0.400. The fourth-order valence-electron chi connectivity index (χ4n) is 1.50. The van der Waals surface area contributed by atoms with Gasteiger partial charge in [0, 0.05) is 25.0 Å². The molecule has 0 radical (unpaired) electrons.